The van der Waals surface area contributed by atoms with Gasteiger partial charge in [0.1, 0.15) is 0 Å². The molecular weight excluding hydrogens is 142 g/mol. The highest BCUT2D eigenvalue weighted by Gasteiger charge is 2.32. The van der Waals surface area contributed by atoms with E-state index in [-0.39, 0.29) is 0 Å². The molecule has 11 heavy (non-hydrogen) atoms. The molecule has 3 nitrogen and oxygen atoms in total. The lowest BCUT2D eigenvalue weighted by Crippen LogP contribution is -2.38. The van der Waals surface area contributed by atoms with E-state index in [4.69, 9.17) is 0 Å². The van der Waals surface area contributed by atoms with E-state index in [1.807, 2.05) is 7.05 Å². The molecule has 0 aliphatic carbocycles. The second kappa shape index (κ2) is 3.09. The van der Waals surface area contributed by atoms with Crippen LogP contribution < -0.4 is 0 Å². The lowest BCUT2D eigenvalue weighted by molar-refractivity contribution is -0.0622. The largest absolute Gasteiger partial charge is 0.390 e. The van der Waals surface area contributed by atoms with Crippen LogP contribution >= 0.6 is 0 Å². The SMILES string of the molecule is CN1CCC(O)C(C)(O)CC1. The molecule has 3 heteroatoms. The zero-order valence-electron chi connectivity index (χ0n) is 7.25. The first-order chi connectivity index (χ1) is 5.02. The Morgan fingerprint density at radius 3 is 2.73 bits per heavy atom. The van der Waals surface area contributed by atoms with Crippen molar-refractivity contribution in [1.29, 1.82) is 0 Å². The van der Waals surface area contributed by atoms with Crippen molar-refractivity contribution in [2.45, 2.75) is 31.5 Å². The first-order valence-electron chi connectivity index (χ1n) is 4.11. The van der Waals surface area contributed by atoms with Crippen molar-refractivity contribution < 1.29 is 10.2 Å². The number of aliphatic hydroxyl groups is 2. The zero-order chi connectivity index (χ0) is 8.48. The highest BCUT2D eigenvalue weighted by Crippen LogP contribution is 2.21. The van der Waals surface area contributed by atoms with Gasteiger partial charge in [0.25, 0.3) is 0 Å². The Bertz CT molecular complexity index is 136. The number of hydrogen-bond acceptors (Lipinski definition) is 3. The normalized spacial score (nSPS) is 42.0. The van der Waals surface area contributed by atoms with Crippen LogP contribution in [0.1, 0.15) is 19.8 Å². The Morgan fingerprint density at radius 2 is 2.09 bits per heavy atom. The summed E-state index contributed by atoms with van der Waals surface area (Å²) >= 11 is 0. The monoisotopic (exact) mass is 159 g/mol. The van der Waals surface area contributed by atoms with Gasteiger partial charge in [-0.2, -0.15) is 0 Å². The number of rotatable bonds is 0. The molecule has 2 N–H and O–H groups in total. The molecule has 2 unspecified atom stereocenters. The quantitative estimate of drug-likeness (QED) is 0.515. The van der Waals surface area contributed by atoms with Gasteiger partial charge in [0.2, 0.25) is 0 Å². The third-order valence-corrected chi connectivity index (χ3v) is 2.50. The van der Waals surface area contributed by atoms with Gasteiger partial charge in [0.15, 0.2) is 0 Å². The van der Waals surface area contributed by atoms with E-state index in [1.165, 1.54) is 0 Å². The Morgan fingerprint density at radius 1 is 1.45 bits per heavy atom. The Kier molecular flexibility index (Phi) is 2.52. The van der Waals surface area contributed by atoms with Crippen LogP contribution in [0.2, 0.25) is 0 Å². The fraction of sp³-hybridized carbons (Fsp3) is 1.00. The minimum absolute atomic E-state index is 0.563. The minimum Gasteiger partial charge on any atom is -0.390 e. The highest BCUT2D eigenvalue weighted by molar-refractivity contribution is 4.85. The summed E-state index contributed by atoms with van der Waals surface area (Å²) in [6, 6.07) is 0. The van der Waals surface area contributed by atoms with Gasteiger partial charge in [-0.3, -0.25) is 0 Å². The van der Waals surface area contributed by atoms with Crippen LogP contribution in [0.4, 0.5) is 0 Å². The maximum Gasteiger partial charge on any atom is 0.0890 e. The summed E-state index contributed by atoms with van der Waals surface area (Å²) in [7, 11) is 2.01. The Labute approximate surface area is 67.6 Å². The van der Waals surface area contributed by atoms with Crippen LogP contribution in [0.15, 0.2) is 0 Å². The molecule has 0 aromatic carbocycles. The van der Waals surface area contributed by atoms with Crippen LogP contribution in [-0.4, -0.2) is 47.0 Å². The molecule has 1 fully saturated rings. The third-order valence-electron chi connectivity index (χ3n) is 2.50. The van der Waals surface area contributed by atoms with Gasteiger partial charge in [0.05, 0.1) is 11.7 Å². The fourth-order valence-electron chi connectivity index (χ4n) is 1.35. The topological polar surface area (TPSA) is 43.7 Å². The third kappa shape index (κ3) is 2.15. The van der Waals surface area contributed by atoms with E-state index >= 15 is 0 Å². The Balaban J connectivity index is 2.56. The van der Waals surface area contributed by atoms with Crippen LogP contribution in [-0.2, 0) is 0 Å². The summed E-state index contributed by atoms with van der Waals surface area (Å²) in [5, 5.41) is 19.1. The average molecular weight is 159 g/mol. The maximum atomic E-state index is 9.66. The van der Waals surface area contributed by atoms with Crippen molar-refractivity contribution in [2.24, 2.45) is 0 Å². The molecule has 0 radical (unpaired) electrons. The predicted molar refractivity (Wildman–Crippen MR) is 43.4 cm³/mol. The molecule has 0 amide bonds. The van der Waals surface area contributed by atoms with Gasteiger partial charge in [-0.1, -0.05) is 0 Å². The first kappa shape index (κ1) is 8.97. The maximum absolute atomic E-state index is 9.66. The molecule has 66 valence electrons. The number of aliphatic hydroxyl groups excluding tert-OH is 1. The van der Waals surface area contributed by atoms with Gasteiger partial charge >= 0.3 is 0 Å². The number of nitrogens with zero attached hydrogens (tertiary/aromatic N) is 1. The molecule has 0 saturated carbocycles. The second-order valence-electron chi connectivity index (χ2n) is 3.71. The van der Waals surface area contributed by atoms with Gasteiger partial charge in [-0.15, -0.1) is 0 Å². The van der Waals surface area contributed by atoms with Crippen LogP contribution in [0.3, 0.4) is 0 Å². The summed E-state index contributed by atoms with van der Waals surface area (Å²) in [4.78, 5) is 2.13. The minimum atomic E-state index is -0.884. The smallest absolute Gasteiger partial charge is 0.0890 e. The molecular formula is C8H17NO2. The number of hydrogen-bond donors (Lipinski definition) is 2. The summed E-state index contributed by atoms with van der Waals surface area (Å²) in [6.07, 6.45) is 0.765. The predicted octanol–water partition coefficient (Wildman–Crippen LogP) is -0.176. The van der Waals surface area contributed by atoms with Crippen LogP contribution in [0, 0.1) is 0 Å². The first-order valence-corrected chi connectivity index (χ1v) is 4.11. The van der Waals surface area contributed by atoms with Crippen LogP contribution in [0.5, 0.6) is 0 Å². The molecule has 1 rings (SSSR count). The average Bonchev–Trinajstić information content (AvgIpc) is 2.03. The van der Waals surface area contributed by atoms with Crippen molar-refractivity contribution in [1.82, 2.24) is 4.90 Å². The highest BCUT2D eigenvalue weighted by atomic mass is 16.3. The van der Waals surface area contributed by atoms with Gasteiger partial charge in [-0.25, -0.2) is 0 Å². The summed E-state index contributed by atoms with van der Waals surface area (Å²) < 4.78 is 0. The standard InChI is InChI=1S/C8H17NO2/c1-8(11)4-6-9(2)5-3-7(8)10/h7,10-11H,3-6H2,1-2H3. The molecule has 1 heterocycles. The molecule has 1 aliphatic heterocycles. The van der Waals surface area contributed by atoms with Gasteiger partial charge in [-0.05, 0) is 26.8 Å². The molecule has 1 saturated heterocycles. The van der Waals surface area contributed by atoms with Gasteiger partial charge in [0, 0.05) is 13.1 Å². The molecule has 0 aromatic heterocycles. The lowest BCUT2D eigenvalue weighted by Gasteiger charge is -2.26. The molecule has 2 atom stereocenters. The zero-order valence-corrected chi connectivity index (χ0v) is 7.25. The van der Waals surface area contributed by atoms with Gasteiger partial charge < -0.3 is 15.1 Å². The van der Waals surface area contributed by atoms with Crippen molar-refractivity contribution in [3.63, 3.8) is 0 Å². The molecule has 0 spiro atoms. The lowest BCUT2D eigenvalue weighted by atomic mass is 9.94. The summed E-state index contributed by atoms with van der Waals surface area (Å²) in [5.41, 5.74) is -0.884. The van der Waals surface area contributed by atoms with E-state index in [0.717, 1.165) is 13.1 Å². The summed E-state index contributed by atoms with van der Waals surface area (Å²) in [5.74, 6) is 0. The summed E-state index contributed by atoms with van der Waals surface area (Å²) in [6.45, 7) is 3.44. The number of likely N-dealkylation sites (tertiary alicyclic amines) is 1. The molecule has 1 aliphatic rings. The van der Waals surface area contributed by atoms with E-state index < -0.39 is 11.7 Å². The van der Waals surface area contributed by atoms with Crippen LogP contribution in [0.25, 0.3) is 0 Å². The second-order valence-corrected chi connectivity index (χ2v) is 3.71. The van der Waals surface area contributed by atoms with Crippen molar-refractivity contribution in [3.05, 3.63) is 0 Å². The van der Waals surface area contributed by atoms with Crippen molar-refractivity contribution in [3.8, 4) is 0 Å². The van der Waals surface area contributed by atoms with E-state index in [0.29, 0.717) is 12.8 Å². The van der Waals surface area contributed by atoms with E-state index in [9.17, 15) is 10.2 Å². The fourth-order valence-corrected chi connectivity index (χ4v) is 1.35. The molecule has 0 bridgehead atoms. The Hall–Kier alpha value is -0.120. The van der Waals surface area contributed by atoms with E-state index in [2.05, 4.69) is 4.90 Å². The van der Waals surface area contributed by atoms with Crippen molar-refractivity contribution >= 4 is 0 Å². The molecule has 0 aromatic rings. The van der Waals surface area contributed by atoms with Crippen molar-refractivity contribution in [2.75, 3.05) is 20.1 Å². The van der Waals surface area contributed by atoms with E-state index in [1.54, 1.807) is 6.92 Å².